The van der Waals surface area contributed by atoms with Gasteiger partial charge in [0.2, 0.25) is 5.88 Å². The van der Waals surface area contributed by atoms with Crippen molar-refractivity contribution < 1.29 is 14.3 Å². The maximum absolute atomic E-state index is 11.4. The molecule has 1 heterocycles. The zero-order valence-corrected chi connectivity index (χ0v) is 14.5. The summed E-state index contributed by atoms with van der Waals surface area (Å²) in [4.78, 5) is 17.8. The third-order valence-electron chi connectivity index (χ3n) is 3.45. The van der Waals surface area contributed by atoms with Gasteiger partial charge in [-0.15, -0.1) is 0 Å². The molecule has 0 unspecified atom stereocenters. The lowest BCUT2D eigenvalue weighted by Gasteiger charge is -2.06. The van der Waals surface area contributed by atoms with Gasteiger partial charge in [0.15, 0.2) is 0 Å². The van der Waals surface area contributed by atoms with Crippen LogP contribution >= 0.6 is 11.8 Å². The molecule has 0 aliphatic rings. The van der Waals surface area contributed by atoms with Crippen LogP contribution < -0.4 is 4.74 Å². The zero-order chi connectivity index (χ0) is 17.5. The Morgan fingerprint density at radius 1 is 0.960 bits per heavy atom. The van der Waals surface area contributed by atoms with E-state index in [1.807, 2.05) is 54.6 Å². The number of hydrogen-bond donors (Lipinski definition) is 0. The average molecular weight is 351 g/mol. The normalized spacial score (nSPS) is 10.3. The number of carbonyl (C=O) groups is 1. The van der Waals surface area contributed by atoms with E-state index in [9.17, 15) is 4.79 Å². The Bertz CT molecular complexity index is 818. The highest BCUT2D eigenvalue weighted by molar-refractivity contribution is 7.99. The molecule has 0 atom stereocenters. The van der Waals surface area contributed by atoms with Crippen LogP contribution in [0.1, 0.15) is 15.9 Å². The Morgan fingerprint density at radius 2 is 1.68 bits per heavy atom. The average Bonchev–Trinajstić information content (AvgIpc) is 2.68. The van der Waals surface area contributed by atoms with E-state index in [1.54, 1.807) is 30.1 Å². The lowest BCUT2D eigenvalue weighted by atomic mass is 10.2. The van der Waals surface area contributed by atoms with Crippen LogP contribution in [0.4, 0.5) is 0 Å². The first-order valence-corrected chi connectivity index (χ1v) is 8.55. The molecule has 0 aliphatic carbocycles. The van der Waals surface area contributed by atoms with E-state index < -0.39 is 0 Å². The van der Waals surface area contributed by atoms with Gasteiger partial charge in [0.1, 0.15) is 6.61 Å². The van der Waals surface area contributed by atoms with Crippen molar-refractivity contribution in [3.8, 4) is 5.88 Å². The summed E-state index contributed by atoms with van der Waals surface area (Å²) in [6.45, 7) is 0.495. The highest BCUT2D eigenvalue weighted by Gasteiger charge is 2.05. The monoisotopic (exact) mass is 351 g/mol. The molecule has 0 saturated carbocycles. The molecule has 4 nitrogen and oxygen atoms in total. The van der Waals surface area contributed by atoms with Gasteiger partial charge < -0.3 is 9.47 Å². The molecule has 3 rings (SSSR count). The van der Waals surface area contributed by atoms with Gasteiger partial charge in [-0.25, -0.2) is 9.78 Å². The number of aromatic nitrogens is 1. The molecule has 126 valence electrons. The number of pyridine rings is 1. The minimum absolute atomic E-state index is 0.335. The van der Waals surface area contributed by atoms with Crippen molar-refractivity contribution in [2.24, 2.45) is 0 Å². The largest absolute Gasteiger partial charge is 0.473 e. The molecule has 0 fully saturated rings. The minimum atomic E-state index is -0.335. The second-order valence-corrected chi connectivity index (χ2v) is 6.37. The van der Waals surface area contributed by atoms with Gasteiger partial charge in [-0.05, 0) is 35.9 Å². The number of ether oxygens (including phenoxy) is 2. The van der Waals surface area contributed by atoms with E-state index >= 15 is 0 Å². The Morgan fingerprint density at radius 3 is 2.32 bits per heavy atom. The molecule has 0 bridgehead atoms. The summed E-state index contributed by atoms with van der Waals surface area (Å²) in [6, 6.07) is 21.1. The second-order valence-electron chi connectivity index (χ2n) is 5.22. The fourth-order valence-electron chi connectivity index (χ4n) is 2.16. The van der Waals surface area contributed by atoms with E-state index in [0.29, 0.717) is 18.1 Å². The summed E-state index contributed by atoms with van der Waals surface area (Å²) >= 11 is 1.57. The third kappa shape index (κ3) is 4.84. The first-order valence-electron chi connectivity index (χ1n) is 7.73. The molecular formula is C20H17NO3S. The predicted octanol–water partition coefficient (Wildman–Crippen LogP) is 4.60. The number of hydrogen-bond acceptors (Lipinski definition) is 5. The quantitative estimate of drug-likeness (QED) is 0.608. The first-order chi connectivity index (χ1) is 12.2. The highest BCUT2D eigenvalue weighted by Crippen LogP contribution is 2.28. The summed E-state index contributed by atoms with van der Waals surface area (Å²) < 4.78 is 10.4. The van der Waals surface area contributed by atoms with Crippen molar-refractivity contribution >= 4 is 17.7 Å². The molecule has 0 radical (unpaired) electrons. The number of methoxy groups -OCH3 is 1. The number of carbonyl (C=O) groups excluding carboxylic acids is 1. The van der Waals surface area contributed by atoms with Gasteiger partial charge in [0, 0.05) is 22.1 Å². The van der Waals surface area contributed by atoms with E-state index in [-0.39, 0.29) is 5.97 Å². The van der Waals surface area contributed by atoms with E-state index in [1.165, 1.54) is 7.11 Å². The SMILES string of the molecule is COC(=O)c1ccc(Sc2ccc(OCc3ccccc3)nc2)cc1. The van der Waals surface area contributed by atoms with Crippen molar-refractivity contribution in [1.29, 1.82) is 0 Å². The van der Waals surface area contributed by atoms with Crippen molar-refractivity contribution in [1.82, 2.24) is 4.98 Å². The zero-order valence-electron chi connectivity index (χ0n) is 13.7. The van der Waals surface area contributed by atoms with Gasteiger partial charge in [-0.1, -0.05) is 42.1 Å². The van der Waals surface area contributed by atoms with E-state index in [4.69, 9.17) is 9.47 Å². The summed E-state index contributed by atoms with van der Waals surface area (Å²) in [7, 11) is 1.37. The maximum atomic E-state index is 11.4. The van der Waals surface area contributed by atoms with Gasteiger partial charge in [0.25, 0.3) is 0 Å². The summed E-state index contributed by atoms with van der Waals surface area (Å²) in [5.41, 5.74) is 1.64. The van der Waals surface area contributed by atoms with Crippen LogP contribution in [0.5, 0.6) is 5.88 Å². The van der Waals surface area contributed by atoms with Gasteiger partial charge >= 0.3 is 5.97 Å². The van der Waals surface area contributed by atoms with Crippen LogP contribution in [-0.4, -0.2) is 18.1 Å². The lowest BCUT2D eigenvalue weighted by Crippen LogP contribution is -2.00. The Balaban J connectivity index is 1.58. The first kappa shape index (κ1) is 17.0. The van der Waals surface area contributed by atoms with Gasteiger partial charge in [-0.3, -0.25) is 0 Å². The molecule has 0 N–H and O–H groups in total. The molecule has 25 heavy (non-hydrogen) atoms. The number of rotatable bonds is 6. The molecule has 2 aromatic carbocycles. The van der Waals surface area contributed by atoms with Crippen molar-refractivity contribution in [3.63, 3.8) is 0 Å². The van der Waals surface area contributed by atoms with E-state index in [2.05, 4.69) is 4.98 Å². The predicted molar refractivity (Wildman–Crippen MR) is 96.9 cm³/mol. The van der Waals surface area contributed by atoms with Crippen LogP contribution in [0.2, 0.25) is 0 Å². The summed E-state index contributed by atoms with van der Waals surface area (Å²) in [5, 5.41) is 0. The molecule has 5 heteroatoms. The van der Waals surface area contributed by atoms with Gasteiger partial charge in [-0.2, -0.15) is 0 Å². The topological polar surface area (TPSA) is 48.4 Å². The lowest BCUT2D eigenvalue weighted by molar-refractivity contribution is 0.0600. The van der Waals surface area contributed by atoms with Crippen LogP contribution in [0, 0.1) is 0 Å². The number of benzene rings is 2. The van der Waals surface area contributed by atoms with Crippen LogP contribution in [0.25, 0.3) is 0 Å². The van der Waals surface area contributed by atoms with Gasteiger partial charge in [0.05, 0.1) is 12.7 Å². The van der Waals surface area contributed by atoms with Crippen molar-refractivity contribution in [2.75, 3.05) is 7.11 Å². The summed E-state index contributed by atoms with van der Waals surface area (Å²) in [6.07, 6.45) is 1.78. The third-order valence-corrected chi connectivity index (χ3v) is 4.43. The minimum Gasteiger partial charge on any atom is -0.473 e. The Hall–Kier alpha value is -2.79. The highest BCUT2D eigenvalue weighted by atomic mass is 32.2. The molecular weight excluding hydrogens is 334 g/mol. The van der Waals surface area contributed by atoms with E-state index in [0.717, 1.165) is 15.4 Å². The second kappa shape index (κ2) is 8.35. The van der Waals surface area contributed by atoms with Crippen molar-refractivity contribution in [3.05, 3.63) is 84.1 Å². The Kier molecular flexibility index (Phi) is 5.69. The van der Waals surface area contributed by atoms with Crippen LogP contribution in [-0.2, 0) is 11.3 Å². The number of esters is 1. The Labute approximate surface area is 150 Å². The molecule has 3 aromatic rings. The molecule has 0 spiro atoms. The fraction of sp³-hybridized carbons (Fsp3) is 0.100. The smallest absolute Gasteiger partial charge is 0.337 e. The van der Waals surface area contributed by atoms with Crippen LogP contribution in [0.3, 0.4) is 0 Å². The van der Waals surface area contributed by atoms with Crippen LogP contribution in [0.15, 0.2) is 82.7 Å². The molecule has 0 saturated heterocycles. The maximum Gasteiger partial charge on any atom is 0.337 e. The fourth-order valence-corrected chi connectivity index (χ4v) is 2.94. The summed E-state index contributed by atoms with van der Waals surface area (Å²) in [5.74, 6) is 0.257. The standard InChI is InChI=1S/C20H17NO3S/c1-23-20(22)16-7-9-17(10-8-16)25-18-11-12-19(21-13-18)24-14-15-5-3-2-4-6-15/h2-13H,14H2,1H3. The molecule has 0 aliphatic heterocycles. The molecule has 0 amide bonds. The number of nitrogens with zero attached hydrogens (tertiary/aromatic N) is 1. The van der Waals surface area contributed by atoms with Crippen molar-refractivity contribution in [2.45, 2.75) is 16.4 Å². The molecule has 1 aromatic heterocycles.